The van der Waals surface area contributed by atoms with Gasteiger partial charge in [0.05, 0.1) is 10.0 Å². The van der Waals surface area contributed by atoms with E-state index in [9.17, 15) is 13.2 Å². The summed E-state index contributed by atoms with van der Waals surface area (Å²) in [6.07, 6.45) is 0. The van der Waals surface area contributed by atoms with Crippen LogP contribution in [0.15, 0.2) is 34.8 Å². The van der Waals surface area contributed by atoms with Gasteiger partial charge >= 0.3 is 0 Å². The van der Waals surface area contributed by atoms with Gasteiger partial charge in [0.1, 0.15) is 13.7 Å². The molecule has 17 heavy (non-hydrogen) atoms. The van der Waals surface area contributed by atoms with Crippen molar-refractivity contribution in [1.29, 1.82) is 0 Å². The zero-order chi connectivity index (χ0) is 12.6. The molecule has 0 aliphatic heterocycles. The lowest BCUT2D eigenvalue weighted by atomic mass is 9.90. The van der Waals surface area contributed by atoms with E-state index < -0.39 is 33.0 Å². The molecule has 2 radical (unpaired) electrons. The van der Waals surface area contributed by atoms with Gasteiger partial charge in [-0.2, -0.15) is 0 Å². The monoisotopic (exact) mass is 296 g/mol. The molecule has 0 amide bonds. The number of halogens is 4. The summed E-state index contributed by atoms with van der Waals surface area (Å²) in [5.41, 5.74) is -0.660. The van der Waals surface area contributed by atoms with Crippen molar-refractivity contribution >= 4 is 29.2 Å². The first-order valence-corrected chi connectivity index (χ1v) is 5.50. The molecule has 0 unspecified atom stereocenters. The molecule has 0 aromatic heterocycles. The van der Waals surface area contributed by atoms with Crippen LogP contribution in [0.1, 0.15) is 0 Å². The molecule has 2 aromatic carbocycles. The molecule has 0 N–H and O–H groups in total. The first-order valence-electron chi connectivity index (χ1n) is 4.71. The standard InChI is InChI=1S/C12H5BBrF3/c13-8-9(14)12(17)11(16)7(10(8)15)6-4-2-1-3-5-6/h1-5H. The van der Waals surface area contributed by atoms with Gasteiger partial charge < -0.3 is 0 Å². The lowest BCUT2D eigenvalue weighted by Crippen LogP contribution is -2.16. The van der Waals surface area contributed by atoms with Crippen LogP contribution in [-0.2, 0) is 0 Å². The highest BCUT2D eigenvalue weighted by Gasteiger charge is 2.21. The fourth-order valence-electron chi connectivity index (χ4n) is 1.51. The molecule has 84 valence electrons. The largest absolute Gasteiger partial charge is 0.207 e. The predicted octanol–water partition coefficient (Wildman–Crippen LogP) is 3.33. The van der Waals surface area contributed by atoms with Crippen LogP contribution in [-0.4, -0.2) is 7.85 Å². The fourth-order valence-corrected chi connectivity index (χ4v) is 1.86. The zero-order valence-electron chi connectivity index (χ0n) is 8.48. The van der Waals surface area contributed by atoms with Gasteiger partial charge in [0.25, 0.3) is 0 Å². The first-order chi connectivity index (χ1) is 8.04. The first kappa shape index (κ1) is 12.2. The highest BCUT2D eigenvalue weighted by Crippen LogP contribution is 2.29. The lowest BCUT2D eigenvalue weighted by Gasteiger charge is -2.11. The van der Waals surface area contributed by atoms with Crippen molar-refractivity contribution in [3.8, 4) is 11.1 Å². The van der Waals surface area contributed by atoms with E-state index >= 15 is 0 Å². The minimum absolute atomic E-state index is 0.237. The normalized spacial score (nSPS) is 10.6. The summed E-state index contributed by atoms with van der Waals surface area (Å²) in [7, 11) is 5.36. The quantitative estimate of drug-likeness (QED) is 0.430. The SMILES string of the molecule is [B]c1c(F)c(-c2ccccc2)c(F)c(F)c1Br. The molecule has 0 saturated carbocycles. The number of rotatable bonds is 1. The summed E-state index contributed by atoms with van der Waals surface area (Å²) in [5, 5.41) is 0. The predicted molar refractivity (Wildman–Crippen MR) is 64.8 cm³/mol. The van der Waals surface area contributed by atoms with E-state index in [1.54, 1.807) is 18.2 Å². The van der Waals surface area contributed by atoms with E-state index in [-0.39, 0.29) is 5.56 Å². The van der Waals surface area contributed by atoms with E-state index in [1.165, 1.54) is 12.1 Å². The highest BCUT2D eigenvalue weighted by molar-refractivity contribution is 9.10. The van der Waals surface area contributed by atoms with Gasteiger partial charge in [-0.25, -0.2) is 13.2 Å². The third-order valence-corrected chi connectivity index (χ3v) is 3.14. The summed E-state index contributed by atoms with van der Waals surface area (Å²) in [5.74, 6) is -3.42. The summed E-state index contributed by atoms with van der Waals surface area (Å²) < 4.78 is 40.6. The minimum Gasteiger partial charge on any atom is -0.207 e. The Balaban J connectivity index is 2.80. The molecule has 0 spiro atoms. The van der Waals surface area contributed by atoms with E-state index in [0.717, 1.165) is 0 Å². The average Bonchev–Trinajstić information content (AvgIpc) is 2.36. The molecule has 5 heteroatoms. The van der Waals surface area contributed by atoms with E-state index in [2.05, 4.69) is 15.9 Å². The maximum absolute atomic E-state index is 13.8. The van der Waals surface area contributed by atoms with Crippen molar-refractivity contribution in [2.75, 3.05) is 0 Å². The number of benzene rings is 2. The van der Waals surface area contributed by atoms with Crippen LogP contribution < -0.4 is 5.46 Å². The summed E-state index contributed by atoms with van der Waals surface area (Å²) in [6.45, 7) is 0. The molecule has 0 bridgehead atoms. The number of hydrogen-bond acceptors (Lipinski definition) is 0. The number of hydrogen-bond donors (Lipinski definition) is 0. The van der Waals surface area contributed by atoms with Crippen LogP contribution in [0.5, 0.6) is 0 Å². The van der Waals surface area contributed by atoms with Gasteiger partial charge in [-0.3, -0.25) is 0 Å². The maximum atomic E-state index is 13.8. The Labute approximate surface area is 106 Å². The molecule has 0 heterocycles. The molecule has 2 rings (SSSR count). The Morgan fingerprint density at radius 2 is 1.47 bits per heavy atom. The van der Waals surface area contributed by atoms with E-state index in [0.29, 0.717) is 0 Å². The molecule has 0 fully saturated rings. The molecule has 0 nitrogen and oxygen atoms in total. The lowest BCUT2D eigenvalue weighted by molar-refractivity contribution is 0.497. The highest BCUT2D eigenvalue weighted by atomic mass is 79.9. The Kier molecular flexibility index (Phi) is 3.29. The zero-order valence-corrected chi connectivity index (χ0v) is 10.1. The van der Waals surface area contributed by atoms with Gasteiger partial charge in [-0.05, 0) is 27.0 Å². The van der Waals surface area contributed by atoms with Crippen LogP contribution in [0.2, 0.25) is 0 Å². The Hall–Kier alpha value is -1.23. The summed E-state index contributed by atoms with van der Waals surface area (Å²) in [6, 6.07) is 7.86. The van der Waals surface area contributed by atoms with Gasteiger partial charge in [-0.15, -0.1) is 0 Å². The van der Waals surface area contributed by atoms with Crippen LogP contribution in [0.4, 0.5) is 13.2 Å². The van der Waals surface area contributed by atoms with Crippen LogP contribution >= 0.6 is 15.9 Å². The van der Waals surface area contributed by atoms with E-state index in [4.69, 9.17) is 7.85 Å². The summed E-state index contributed by atoms with van der Waals surface area (Å²) >= 11 is 2.71. The Morgan fingerprint density at radius 1 is 0.882 bits per heavy atom. The van der Waals surface area contributed by atoms with Crippen LogP contribution in [0, 0.1) is 17.5 Å². The second-order valence-electron chi connectivity index (χ2n) is 3.41. The molecular weight excluding hydrogens is 292 g/mol. The van der Waals surface area contributed by atoms with Gasteiger partial charge in [0.15, 0.2) is 11.6 Å². The van der Waals surface area contributed by atoms with E-state index in [1.807, 2.05) is 0 Å². The van der Waals surface area contributed by atoms with Crippen LogP contribution in [0.3, 0.4) is 0 Å². The van der Waals surface area contributed by atoms with Crippen molar-refractivity contribution in [2.24, 2.45) is 0 Å². The van der Waals surface area contributed by atoms with Crippen molar-refractivity contribution in [2.45, 2.75) is 0 Å². The molecular formula is C12H5BBrF3. The molecule has 0 aliphatic carbocycles. The molecule has 0 aliphatic rings. The minimum atomic E-state index is -1.25. The Bertz CT molecular complexity index is 541. The summed E-state index contributed by atoms with van der Waals surface area (Å²) in [4.78, 5) is 0. The topological polar surface area (TPSA) is 0 Å². The van der Waals surface area contributed by atoms with Crippen LogP contribution in [0.25, 0.3) is 11.1 Å². The smallest absolute Gasteiger partial charge is 0.173 e. The second kappa shape index (κ2) is 4.57. The molecule has 2 aromatic rings. The van der Waals surface area contributed by atoms with Crippen molar-refractivity contribution in [3.63, 3.8) is 0 Å². The maximum Gasteiger partial charge on any atom is 0.173 e. The second-order valence-corrected chi connectivity index (χ2v) is 4.20. The van der Waals surface area contributed by atoms with Gasteiger partial charge in [0.2, 0.25) is 0 Å². The Morgan fingerprint density at radius 3 is 2.06 bits per heavy atom. The van der Waals surface area contributed by atoms with Crippen molar-refractivity contribution in [1.82, 2.24) is 0 Å². The third-order valence-electron chi connectivity index (χ3n) is 2.36. The average molecular weight is 297 g/mol. The fraction of sp³-hybridized carbons (Fsp3) is 0. The molecule has 0 atom stereocenters. The van der Waals surface area contributed by atoms with Gasteiger partial charge in [-0.1, -0.05) is 30.3 Å². The molecule has 0 saturated heterocycles. The van der Waals surface area contributed by atoms with Crippen molar-refractivity contribution in [3.05, 3.63) is 52.3 Å². The van der Waals surface area contributed by atoms with Crippen molar-refractivity contribution < 1.29 is 13.2 Å². The third kappa shape index (κ3) is 1.99. The van der Waals surface area contributed by atoms with Gasteiger partial charge in [0, 0.05) is 0 Å².